The number of benzene rings is 2. The van der Waals surface area contributed by atoms with Gasteiger partial charge in [-0.2, -0.15) is 5.10 Å². The molecule has 1 aliphatic heterocycles. The van der Waals surface area contributed by atoms with E-state index in [4.69, 9.17) is 18.6 Å². The van der Waals surface area contributed by atoms with Gasteiger partial charge in [-0.05, 0) is 60.2 Å². The van der Waals surface area contributed by atoms with Crippen molar-refractivity contribution in [3.05, 3.63) is 84.3 Å². The Morgan fingerprint density at radius 2 is 1.84 bits per heavy atom. The number of amides is 1. The fraction of sp³-hybridized carbons (Fsp3) is 0.0870. The van der Waals surface area contributed by atoms with Crippen molar-refractivity contribution in [1.82, 2.24) is 5.43 Å². The second-order valence-electron chi connectivity index (χ2n) is 6.44. The molecule has 1 atom stereocenters. The maximum Gasteiger partial charge on any atom is 0.336 e. The second-order valence-corrected chi connectivity index (χ2v) is 6.44. The number of fused-ring (bicyclic) bond motifs is 1. The van der Waals surface area contributed by atoms with Crippen LogP contribution in [0.2, 0.25) is 0 Å². The molecule has 1 aliphatic rings. The average molecular weight is 418 g/mol. The number of esters is 1. The first kappa shape index (κ1) is 20.0. The van der Waals surface area contributed by atoms with E-state index in [1.54, 1.807) is 54.6 Å². The van der Waals surface area contributed by atoms with Gasteiger partial charge in [0.1, 0.15) is 18.1 Å². The molecule has 0 saturated heterocycles. The summed E-state index contributed by atoms with van der Waals surface area (Å²) < 4.78 is 21.4. The Labute approximate surface area is 177 Å². The number of furan rings is 1. The van der Waals surface area contributed by atoms with Gasteiger partial charge in [0.15, 0.2) is 11.5 Å². The Hall–Kier alpha value is -4.33. The fourth-order valence-corrected chi connectivity index (χ4v) is 2.70. The molecule has 1 aromatic heterocycles. The summed E-state index contributed by atoms with van der Waals surface area (Å²) in [7, 11) is 0. The van der Waals surface area contributed by atoms with Crippen molar-refractivity contribution in [2.75, 3.05) is 6.61 Å². The predicted octanol–water partition coefficient (Wildman–Crippen LogP) is 3.19. The van der Waals surface area contributed by atoms with Gasteiger partial charge in [-0.25, -0.2) is 10.2 Å². The topological polar surface area (TPSA) is 99.4 Å². The number of hydrogen-bond donors (Lipinski definition) is 1. The van der Waals surface area contributed by atoms with Gasteiger partial charge < -0.3 is 18.6 Å². The fourth-order valence-electron chi connectivity index (χ4n) is 2.70. The quantitative estimate of drug-likeness (QED) is 0.217. The number of nitrogens with zero attached hydrogens (tertiary/aromatic N) is 1. The van der Waals surface area contributed by atoms with Crippen LogP contribution in [0.5, 0.6) is 17.2 Å². The maximum absolute atomic E-state index is 12.2. The van der Waals surface area contributed by atoms with Crippen LogP contribution in [0, 0.1) is 0 Å². The summed E-state index contributed by atoms with van der Waals surface area (Å²) in [5, 5.41) is 3.93. The first-order valence-electron chi connectivity index (χ1n) is 9.42. The number of carbonyl (C=O) groups excluding carboxylic acids is 2. The molecule has 8 nitrogen and oxygen atoms in total. The van der Waals surface area contributed by atoms with E-state index in [1.165, 1.54) is 24.6 Å². The average Bonchev–Trinajstić information content (AvgIpc) is 3.32. The zero-order chi connectivity index (χ0) is 21.5. The van der Waals surface area contributed by atoms with Crippen molar-refractivity contribution in [2.45, 2.75) is 6.10 Å². The lowest BCUT2D eigenvalue weighted by atomic mass is 10.2. The van der Waals surface area contributed by atoms with Crippen LogP contribution in [0.1, 0.15) is 11.3 Å². The molecule has 0 unspecified atom stereocenters. The van der Waals surface area contributed by atoms with E-state index in [9.17, 15) is 9.59 Å². The van der Waals surface area contributed by atoms with Crippen molar-refractivity contribution in [3.8, 4) is 17.2 Å². The molecule has 31 heavy (non-hydrogen) atoms. The molecule has 4 rings (SSSR count). The van der Waals surface area contributed by atoms with Crippen LogP contribution in [0.4, 0.5) is 0 Å². The van der Waals surface area contributed by atoms with E-state index in [1.807, 2.05) is 6.07 Å². The zero-order valence-electron chi connectivity index (χ0n) is 16.3. The van der Waals surface area contributed by atoms with Gasteiger partial charge >= 0.3 is 5.97 Å². The van der Waals surface area contributed by atoms with Crippen molar-refractivity contribution in [2.24, 2.45) is 5.10 Å². The summed E-state index contributed by atoms with van der Waals surface area (Å²) in [6.45, 7) is 0.104. The standard InChI is InChI=1S/C23H18N2O6/c26-22(12-11-17-4-3-13-28-17)30-18-9-7-16(8-10-18)14-24-25-23(27)21-15-29-19-5-1-2-6-20(19)31-21/h1-14,21H,15H2,(H,25,27)/b12-11+,24-14?/t21-/m1/s1. The van der Waals surface area contributed by atoms with Crippen LogP contribution in [0.15, 0.2) is 82.5 Å². The third kappa shape index (κ3) is 5.39. The first-order chi connectivity index (χ1) is 15.2. The lowest BCUT2D eigenvalue weighted by Crippen LogP contribution is -2.42. The van der Waals surface area contributed by atoms with Crippen molar-refractivity contribution in [1.29, 1.82) is 0 Å². The van der Waals surface area contributed by atoms with Gasteiger partial charge in [-0.3, -0.25) is 4.79 Å². The van der Waals surface area contributed by atoms with Gasteiger partial charge in [-0.15, -0.1) is 0 Å². The third-order valence-corrected chi connectivity index (χ3v) is 4.21. The Morgan fingerprint density at radius 1 is 1.03 bits per heavy atom. The van der Waals surface area contributed by atoms with E-state index in [0.717, 1.165) is 0 Å². The minimum atomic E-state index is -0.789. The maximum atomic E-state index is 12.2. The highest BCUT2D eigenvalue weighted by atomic mass is 16.6. The molecule has 8 heteroatoms. The molecule has 0 radical (unpaired) electrons. The molecule has 1 amide bonds. The molecule has 1 N–H and O–H groups in total. The number of hydrogen-bond acceptors (Lipinski definition) is 7. The minimum Gasteiger partial charge on any atom is -0.485 e. The minimum absolute atomic E-state index is 0.104. The van der Waals surface area contributed by atoms with Gasteiger partial charge in [0, 0.05) is 6.08 Å². The van der Waals surface area contributed by atoms with Crippen LogP contribution >= 0.6 is 0 Å². The summed E-state index contributed by atoms with van der Waals surface area (Å²) in [6, 6.07) is 17.2. The van der Waals surface area contributed by atoms with Gasteiger partial charge in [-0.1, -0.05) is 12.1 Å². The monoisotopic (exact) mass is 418 g/mol. The van der Waals surface area contributed by atoms with Crippen molar-refractivity contribution in [3.63, 3.8) is 0 Å². The van der Waals surface area contributed by atoms with Gasteiger partial charge in [0.2, 0.25) is 6.10 Å². The summed E-state index contributed by atoms with van der Waals surface area (Å²) in [6.07, 6.45) is 4.99. The predicted molar refractivity (Wildman–Crippen MR) is 112 cm³/mol. The zero-order valence-corrected chi connectivity index (χ0v) is 16.3. The van der Waals surface area contributed by atoms with Crippen LogP contribution in [-0.2, 0) is 9.59 Å². The molecule has 0 spiro atoms. The molecule has 3 aromatic rings. The normalized spacial score (nSPS) is 15.2. The molecule has 2 heterocycles. The molecule has 0 aliphatic carbocycles. The number of carbonyl (C=O) groups is 2. The Bertz CT molecular complexity index is 1100. The molecule has 0 saturated carbocycles. The molecular formula is C23H18N2O6. The highest BCUT2D eigenvalue weighted by Crippen LogP contribution is 2.30. The van der Waals surface area contributed by atoms with Gasteiger partial charge in [0.05, 0.1) is 12.5 Å². The van der Waals surface area contributed by atoms with Crippen LogP contribution < -0.4 is 19.6 Å². The molecule has 0 bridgehead atoms. The largest absolute Gasteiger partial charge is 0.485 e. The SMILES string of the molecule is O=C(/C=C/c1ccco1)Oc1ccc(C=NNC(=O)[C@H]2COc3ccccc3O2)cc1. The van der Waals surface area contributed by atoms with E-state index < -0.39 is 18.0 Å². The lowest BCUT2D eigenvalue weighted by molar-refractivity contribution is -0.130. The third-order valence-electron chi connectivity index (χ3n) is 4.21. The number of hydrazone groups is 1. The van der Waals surface area contributed by atoms with Crippen LogP contribution in [0.25, 0.3) is 6.08 Å². The Kier molecular flexibility index (Phi) is 6.08. The van der Waals surface area contributed by atoms with Crippen molar-refractivity contribution >= 4 is 24.2 Å². The Balaban J connectivity index is 1.26. The van der Waals surface area contributed by atoms with Crippen LogP contribution in [-0.4, -0.2) is 30.8 Å². The number of ether oxygens (including phenoxy) is 3. The van der Waals surface area contributed by atoms with Gasteiger partial charge in [0.25, 0.3) is 5.91 Å². The molecule has 156 valence electrons. The number of rotatable bonds is 6. The Morgan fingerprint density at radius 3 is 2.61 bits per heavy atom. The van der Waals surface area contributed by atoms with E-state index in [2.05, 4.69) is 10.5 Å². The smallest absolute Gasteiger partial charge is 0.336 e. The molecular weight excluding hydrogens is 400 g/mol. The lowest BCUT2D eigenvalue weighted by Gasteiger charge is -2.24. The van der Waals surface area contributed by atoms with E-state index >= 15 is 0 Å². The first-order valence-corrected chi connectivity index (χ1v) is 9.42. The highest BCUT2D eigenvalue weighted by molar-refractivity contribution is 5.88. The second kappa shape index (κ2) is 9.45. The summed E-state index contributed by atoms with van der Waals surface area (Å²) >= 11 is 0. The molecule has 2 aromatic carbocycles. The van der Waals surface area contributed by atoms with E-state index in [0.29, 0.717) is 28.6 Å². The molecule has 0 fully saturated rings. The highest BCUT2D eigenvalue weighted by Gasteiger charge is 2.26. The van der Waals surface area contributed by atoms with E-state index in [-0.39, 0.29) is 6.61 Å². The number of nitrogens with one attached hydrogen (secondary N) is 1. The summed E-state index contributed by atoms with van der Waals surface area (Å²) in [5.74, 6) is 1.11. The number of para-hydroxylation sites is 2. The summed E-state index contributed by atoms with van der Waals surface area (Å²) in [4.78, 5) is 24.0. The van der Waals surface area contributed by atoms with Crippen LogP contribution in [0.3, 0.4) is 0 Å². The summed E-state index contributed by atoms with van der Waals surface area (Å²) in [5.41, 5.74) is 3.14. The van der Waals surface area contributed by atoms with Crippen molar-refractivity contribution < 1.29 is 28.2 Å².